The average Bonchev–Trinajstić information content (AvgIpc) is 3.01. The van der Waals surface area contributed by atoms with Gasteiger partial charge in [-0.1, -0.05) is 6.07 Å². The fourth-order valence-corrected chi connectivity index (χ4v) is 3.08. The van der Waals surface area contributed by atoms with Crippen LogP contribution in [0.15, 0.2) is 18.5 Å². The molecule has 1 amide bonds. The van der Waals surface area contributed by atoms with Crippen LogP contribution in [-0.2, 0) is 6.54 Å². The topological polar surface area (TPSA) is 89.9 Å². The zero-order chi connectivity index (χ0) is 16.4. The van der Waals surface area contributed by atoms with Gasteiger partial charge in [-0.3, -0.25) is 14.7 Å². The van der Waals surface area contributed by atoms with Gasteiger partial charge >= 0.3 is 0 Å². The van der Waals surface area contributed by atoms with E-state index in [-0.39, 0.29) is 11.9 Å². The molecule has 7 heteroatoms. The molecule has 1 fully saturated rings. The Kier molecular flexibility index (Phi) is 4.38. The zero-order valence-corrected chi connectivity index (χ0v) is 13.6. The molecule has 0 aromatic carbocycles. The normalized spacial score (nSPS) is 19.0. The molecule has 23 heavy (non-hydrogen) atoms. The van der Waals surface area contributed by atoms with E-state index in [1.807, 2.05) is 6.92 Å². The maximum absolute atomic E-state index is 11.1. The van der Waals surface area contributed by atoms with E-state index in [9.17, 15) is 4.79 Å². The largest absolute Gasteiger partial charge is 0.363 e. The molecule has 0 bridgehead atoms. The summed E-state index contributed by atoms with van der Waals surface area (Å²) < 4.78 is 1.77. The second-order valence-electron chi connectivity index (χ2n) is 6.14. The Balaban J connectivity index is 1.69. The van der Waals surface area contributed by atoms with Crippen molar-refractivity contribution in [2.75, 3.05) is 13.1 Å². The lowest BCUT2D eigenvalue weighted by Gasteiger charge is -2.32. The smallest absolute Gasteiger partial charge is 0.288 e. The third-order valence-corrected chi connectivity index (χ3v) is 4.31. The molecular weight excluding hydrogens is 292 g/mol. The number of carbonyl (C=O) groups is 1. The first-order valence-corrected chi connectivity index (χ1v) is 7.89. The maximum atomic E-state index is 11.1. The molecule has 0 aliphatic carbocycles. The van der Waals surface area contributed by atoms with Gasteiger partial charge in [0.1, 0.15) is 6.33 Å². The van der Waals surface area contributed by atoms with Crippen LogP contribution in [0.1, 0.15) is 46.5 Å². The Bertz CT molecular complexity index is 710. The molecule has 122 valence electrons. The van der Waals surface area contributed by atoms with Crippen molar-refractivity contribution in [3.63, 3.8) is 0 Å². The predicted octanol–water partition coefficient (Wildman–Crippen LogP) is 1.23. The number of hydrogen-bond donors (Lipinski definition) is 1. The van der Waals surface area contributed by atoms with E-state index in [0.29, 0.717) is 0 Å². The fraction of sp³-hybridized carbons (Fsp3) is 0.500. The number of pyridine rings is 1. The summed E-state index contributed by atoms with van der Waals surface area (Å²) in [6.45, 7) is 6.89. The Labute approximate surface area is 135 Å². The van der Waals surface area contributed by atoms with Gasteiger partial charge < -0.3 is 5.73 Å². The summed E-state index contributed by atoms with van der Waals surface area (Å²) in [5.41, 5.74) is 8.61. The van der Waals surface area contributed by atoms with Gasteiger partial charge in [0.15, 0.2) is 0 Å². The maximum Gasteiger partial charge on any atom is 0.288 e. The van der Waals surface area contributed by atoms with Crippen LogP contribution in [-0.4, -0.2) is 43.6 Å². The lowest BCUT2D eigenvalue weighted by Crippen LogP contribution is -2.36. The Hall–Kier alpha value is -2.28. The molecule has 0 saturated carbocycles. The second-order valence-corrected chi connectivity index (χ2v) is 6.14. The number of rotatable bonds is 4. The second kappa shape index (κ2) is 6.45. The van der Waals surface area contributed by atoms with Gasteiger partial charge in [-0.15, -0.1) is 5.10 Å². The van der Waals surface area contributed by atoms with Crippen LogP contribution in [0.2, 0.25) is 0 Å². The van der Waals surface area contributed by atoms with E-state index in [2.05, 4.69) is 39.0 Å². The molecule has 1 aliphatic rings. The third kappa shape index (κ3) is 3.56. The van der Waals surface area contributed by atoms with E-state index in [1.165, 1.54) is 5.56 Å². The van der Waals surface area contributed by atoms with Crippen molar-refractivity contribution in [1.29, 1.82) is 0 Å². The van der Waals surface area contributed by atoms with Crippen molar-refractivity contribution in [1.82, 2.24) is 24.6 Å². The number of carbonyl (C=O) groups excluding carboxylic acids is 1. The van der Waals surface area contributed by atoms with E-state index in [4.69, 9.17) is 5.73 Å². The number of primary amides is 1. The first-order chi connectivity index (χ1) is 11.0. The average molecular weight is 314 g/mol. The molecule has 3 heterocycles. The number of aryl methyl sites for hydroxylation is 2. The van der Waals surface area contributed by atoms with Gasteiger partial charge in [0.25, 0.3) is 5.91 Å². The summed E-state index contributed by atoms with van der Waals surface area (Å²) in [7, 11) is 0. The van der Waals surface area contributed by atoms with Crippen molar-refractivity contribution in [3.8, 4) is 0 Å². The summed E-state index contributed by atoms with van der Waals surface area (Å²) in [5, 5.41) is 4.20. The van der Waals surface area contributed by atoms with Crippen molar-refractivity contribution in [2.24, 2.45) is 5.73 Å². The molecule has 2 N–H and O–H groups in total. The highest BCUT2D eigenvalue weighted by Gasteiger charge is 2.23. The SMILES string of the molecule is Cc1ccc(CN2CCCC(n3cnc(C(N)=O)n3)C2)c(C)n1. The highest BCUT2D eigenvalue weighted by molar-refractivity contribution is 5.88. The summed E-state index contributed by atoms with van der Waals surface area (Å²) >= 11 is 0. The zero-order valence-electron chi connectivity index (χ0n) is 13.6. The fourth-order valence-electron chi connectivity index (χ4n) is 3.08. The highest BCUT2D eigenvalue weighted by Crippen LogP contribution is 2.22. The lowest BCUT2D eigenvalue weighted by atomic mass is 10.0. The molecule has 2 aromatic heterocycles. The molecule has 0 radical (unpaired) electrons. The van der Waals surface area contributed by atoms with Gasteiger partial charge in [-0.25, -0.2) is 9.67 Å². The molecule has 1 saturated heterocycles. The van der Waals surface area contributed by atoms with E-state index in [0.717, 1.165) is 43.9 Å². The molecule has 1 aliphatic heterocycles. The number of hydrogen-bond acceptors (Lipinski definition) is 5. The van der Waals surface area contributed by atoms with E-state index >= 15 is 0 Å². The van der Waals surface area contributed by atoms with Gasteiger partial charge in [0.2, 0.25) is 5.82 Å². The monoisotopic (exact) mass is 314 g/mol. The Morgan fingerprint density at radius 3 is 2.91 bits per heavy atom. The van der Waals surface area contributed by atoms with Crippen LogP contribution in [0.25, 0.3) is 0 Å². The van der Waals surface area contributed by atoms with Gasteiger partial charge in [-0.05, 0) is 44.9 Å². The number of nitrogens with zero attached hydrogens (tertiary/aromatic N) is 5. The van der Waals surface area contributed by atoms with Crippen LogP contribution >= 0.6 is 0 Å². The molecular formula is C16H22N6O. The van der Waals surface area contributed by atoms with Crippen molar-refractivity contribution in [2.45, 2.75) is 39.3 Å². The number of likely N-dealkylation sites (tertiary alicyclic amines) is 1. The van der Waals surface area contributed by atoms with Crippen LogP contribution in [0.5, 0.6) is 0 Å². The molecule has 7 nitrogen and oxygen atoms in total. The summed E-state index contributed by atoms with van der Waals surface area (Å²) in [5.74, 6) is -0.501. The summed E-state index contributed by atoms with van der Waals surface area (Å²) in [6.07, 6.45) is 3.73. The Morgan fingerprint density at radius 2 is 2.22 bits per heavy atom. The first-order valence-electron chi connectivity index (χ1n) is 7.89. The van der Waals surface area contributed by atoms with Gasteiger partial charge in [0, 0.05) is 24.5 Å². The molecule has 2 aromatic rings. The first kappa shape index (κ1) is 15.6. The standard InChI is InChI=1S/C16H22N6O/c1-11-5-6-13(12(2)19-11)8-21-7-3-4-14(9-21)22-10-18-16(20-22)15(17)23/h5-6,10,14H,3-4,7-9H2,1-2H3,(H2,17,23). The third-order valence-electron chi connectivity index (χ3n) is 4.31. The van der Waals surface area contributed by atoms with E-state index < -0.39 is 5.91 Å². The molecule has 1 atom stereocenters. The summed E-state index contributed by atoms with van der Waals surface area (Å²) in [4.78, 5) is 22.0. The molecule has 1 unspecified atom stereocenters. The Morgan fingerprint density at radius 1 is 1.39 bits per heavy atom. The van der Waals surface area contributed by atoms with Crippen molar-refractivity contribution < 1.29 is 4.79 Å². The number of piperidine rings is 1. The predicted molar refractivity (Wildman–Crippen MR) is 85.8 cm³/mol. The van der Waals surface area contributed by atoms with Crippen LogP contribution in [0.4, 0.5) is 0 Å². The van der Waals surface area contributed by atoms with Crippen LogP contribution in [0, 0.1) is 13.8 Å². The number of nitrogens with two attached hydrogens (primary N) is 1. The molecule has 3 rings (SSSR count). The van der Waals surface area contributed by atoms with Crippen LogP contribution in [0.3, 0.4) is 0 Å². The summed E-state index contributed by atoms with van der Waals surface area (Å²) in [6, 6.07) is 4.44. The van der Waals surface area contributed by atoms with Gasteiger partial charge in [0.05, 0.1) is 6.04 Å². The minimum absolute atomic E-state index is 0.0840. The van der Waals surface area contributed by atoms with Gasteiger partial charge in [-0.2, -0.15) is 0 Å². The van der Waals surface area contributed by atoms with E-state index in [1.54, 1.807) is 11.0 Å². The van der Waals surface area contributed by atoms with Crippen molar-refractivity contribution in [3.05, 3.63) is 41.2 Å². The molecule has 0 spiro atoms. The number of aromatic nitrogens is 4. The highest BCUT2D eigenvalue weighted by atomic mass is 16.1. The number of amides is 1. The minimum atomic E-state index is -0.585. The quantitative estimate of drug-likeness (QED) is 0.916. The minimum Gasteiger partial charge on any atom is -0.363 e. The van der Waals surface area contributed by atoms with Crippen molar-refractivity contribution >= 4 is 5.91 Å². The lowest BCUT2D eigenvalue weighted by molar-refractivity contribution is 0.0989. The van der Waals surface area contributed by atoms with Crippen LogP contribution < -0.4 is 5.73 Å².